The standard InChI is InChI=1S/C12H24N2O2S/c1-3-5-13-9-12(15)14(6-7-16-2)11-4-8-17-10-11/h11,13H,3-10H2,1-2H3. The Labute approximate surface area is 108 Å². The van der Waals surface area contributed by atoms with Crippen molar-refractivity contribution in [3.63, 3.8) is 0 Å². The predicted octanol–water partition coefficient (Wildman–Crippen LogP) is 0.967. The molecule has 0 aromatic heterocycles. The second kappa shape index (κ2) is 8.78. The van der Waals surface area contributed by atoms with Gasteiger partial charge < -0.3 is 15.0 Å². The molecule has 0 aromatic carbocycles. The van der Waals surface area contributed by atoms with Crippen molar-refractivity contribution in [3.8, 4) is 0 Å². The van der Waals surface area contributed by atoms with Crippen LogP contribution in [0.5, 0.6) is 0 Å². The quantitative estimate of drug-likeness (QED) is 0.660. The maximum absolute atomic E-state index is 12.1. The molecule has 1 aliphatic heterocycles. The van der Waals surface area contributed by atoms with Gasteiger partial charge in [0.15, 0.2) is 0 Å². The number of carbonyl (C=O) groups is 1. The molecule has 1 unspecified atom stereocenters. The van der Waals surface area contributed by atoms with Gasteiger partial charge in [-0.15, -0.1) is 0 Å². The Hall–Kier alpha value is -0.260. The van der Waals surface area contributed by atoms with Crippen molar-refractivity contribution in [1.82, 2.24) is 10.2 Å². The Kier molecular flexibility index (Phi) is 7.64. The lowest BCUT2D eigenvalue weighted by Crippen LogP contribution is -2.46. The fourth-order valence-electron chi connectivity index (χ4n) is 1.94. The largest absolute Gasteiger partial charge is 0.383 e. The zero-order chi connectivity index (χ0) is 12.5. The van der Waals surface area contributed by atoms with E-state index in [0.717, 1.165) is 25.1 Å². The summed E-state index contributed by atoms with van der Waals surface area (Å²) in [4.78, 5) is 14.1. The van der Waals surface area contributed by atoms with Crippen molar-refractivity contribution in [1.29, 1.82) is 0 Å². The van der Waals surface area contributed by atoms with E-state index in [-0.39, 0.29) is 5.91 Å². The number of nitrogens with zero attached hydrogens (tertiary/aromatic N) is 1. The second-order valence-electron chi connectivity index (χ2n) is 4.27. The van der Waals surface area contributed by atoms with Gasteiger partial charge in [-0.1, -0.05) is 6.92 Å². The zero-order valence-electron chi connectivity index (χ0n) is 10.9. The van der Waals surface area contributed by atoms with Gasteiger partial charge in [-0.05, 0) is 25.1 Å². The Morgan fingerprint density at radius 2 is 2.41 bits per heavy atom. The molecule has 1 N–H and O–H groups in total. The fourth-order valence-corrected chi connectivity index (χ4v) is 3.17. The van der Waals surface area contributed by atoms with Crippen LogP contribution in [0.2, 0.25) is 0 Å². The van der Waals surface area contributed by atoms with Gasteiger partial charge in [0, 0.05) is 25.4 Å². The van der Waals surface area contributed by atoms with Gasteiger partial charge in [0.05, 0.1) is 13.2 Å². The first-order valence-electron chi connectivity index (χ1n) is 6.36. The normalized spacial score (nSPS) is 19.5. The van der Waals surface area contributed by atoms with Crippen LogP contribution < -0.4 is 5.32 Å². The first kappa shape index (κ1) is 14.8. The Morgan fingerprint density at radius 1 is 1.59 bits per heavy atom. The van der Waals surface area contributed by atoms with Crippen LogP contribution in [0.15, 0.2) is 0 Å². The third-order valence-corrected chi connectivity index (χ3v) is 4.05. The van der Waals surface area contributed by atoms with Crippen molar-refractivity contribution in [2.75, 3.05) is 44.9 Å². The molecule has 1 saturated heterocycles. The molecule has 1 rings (SSSR count). The third-order valence-electron chi connectivity index (χ3n) is 2.91. The summed E-state index contributed by atoms with van der Waals surface area (Å²) in [6.07, 6.45) is 2.18. The minimum atomic E-state index is 0.211. The minimum Gasteiger partial charge on any atom is -0.383 e. The number of hydrogen-bond donors (Lipinski definition) is 1. The summed E-state index contributed by atoms with van der Waals surface area (Å²) in [5.41, 5.74) is 0. The number of thioether (sulfide) groups is 1. The maximum atomic E-state index is 12.1. The molecule has 100 valence electrons. The van der Waals surface area contributed by atoms with Crippen molar-refractivity contribution in [3.05, 3.63) is 0 Å². The van der Waals surface area contributed by atoms with Gasteiger partial charge in [0.2, 0.25) is 5.91 Å². The van der Waals surface area contributed by atoms with E-state index < -0.39 is 0 Å². The summed E-state index contributed by atoms with van der Waals surface area (Å²) in [7, 11) is 1.68. The number of nitrogens with one attached hydrogen (secondary N) is 1. The van der Waals surface area contributed by atoms with Crippen LogP contribution in [0.25, 0.3) is 0 Å². The summed E-state index contributed by atoms with van der Waals surface area (Å²) < 4.78 is 5.09. The zero-order valence-corrected chi connectivity index (χ0v) is 11.7. The smallest absolute Gasteiger partial charge is 0.236 e. The van der Waals surface area contributed by atoms with Gasteiger partial charge in [-0.2, -0.15) is 11.8 Å². The van der Waals surface area contributed by atoms with Crippen LogP contribution in [-0.4, -0.2) is 61.7 Å². The van der Waals surface area contributed by atoms with Gasteiger partial charge in [0.25, 0.3) is 0 Å². The molecule has 1 aliphatic rings. The van der Waals surface area contributed by atoms with Crippen LogP contribution in [0.4, 0.5) is 0 Å². The molecule has 1 atom stereocenters. The highest BCUT2D eigenvalue weighted by Crippen LogP contribution is 2.22. The lowest BCUT2D eigenvalue weighted by atomic mass is 10.2. The monoisotopic (exact) mass is 260 g/mol. The summed E-state index contributed by atoms with van der Waals surface area (Å²) in [6, 6.07) is 0.408. The highest BCUT2D eigenvalue weighted by atomic mass is 32.2. The minimum absolute atomic E-state index is 0.211. The number of rotatable bonds is 8. The predicted molar refractivity (Wildman–Crippen MR) is 72.5 cm³/mol. The Morgan fingerprint density at radius 3 is 3.00 bits per heavy atom. The highest BCUT2D eigenvalue weighted by Gasteiger charge is 2.26. The molecule has 17 heavy (non-hydrogen) atoms. The number of ether oxygens (including phenoxy) is 1. The molecule has 1 fully saturated rings. The number of amides is 1. The lowest BCUT2D eigenvalue weighted by molar-refractivity contribution is -0.132. The van der Waals surface area contributed by atoms with E-state index in [1.807, 2.05) is 16.7 Å². The summed E-state index contributed by atoms with van der Waals surface area (Å²) in [6.45, 7) is 4.81. The van der Waals surface area contributed by atoms with E-state index in [1.54, 1.807) is 7.11 Å². The molecule has 1 heterocycles. The molecule has 0 radical (unpaired) electrons. The van der Waals surface area contributed by atoms with Crippen LogP contribution in [0, 0.1) is 0 Å². The molecule has 0 spiro atoms. The topological polar surface area (TPSA) is 41.6 Å². The molecular formula is C12H24N2O2S. The molecule has 0 aliphatic carbocycles. The summed E-state index contributed by atoms with van der Waals surface area (Å²) >= 11 is 1.93. The highest BCUT2D eigenvalue weighted by molar-refractivity contribution is 7.99. The maximum Gasteiger partial charge on any atom is 0.236 e. The van der Waals surface area contributed by atoms with Crippen molar-refractivity contribution in [2.24, 2.45) is 0 Å². The van der Waals surface area contributed by atoms with Crippen molar-refractivity contribution in [2.45, 2.75) is 25.8 Å². The van der Waals surface area contributed by atoms with Gasteiger partial charge in [0.1, 0.15) is 0 Å². The molecule has 4 nitrogen and oxygen atoms in total. The van der Waals surface area contributed by atoms with E-state index in [1.165, 1.54) is 5.75 Å². The Balaban J connectivity index is 2.39. The first-order chi connectivity index (χ1) is 8.29. The lowest BCUT2D eigenvalue weighted by Gasteiger charge is -2.28. The van der Waals surface area contributed by atoms with Gasteiger partial charge in [-0.3, -0.25) is 4.79 Å². The van der Waals surface area contributed by atoms with Crippen LogP contribution in [0.1, 0.15) is 19.8 Å². The van der Waals surface area contributed by atoms with Gasteiger partial charge >= 0.3 is 0 Å². The van der Waals surface area contributed by atoms with E-state index in [9.17, 15) is 4.79 Å². The SMILES string of the molecule is CCCNCC(=O)N(CCOC)C1CCSC1. The van der Waals surface area contributed by atoms with E-state index in [0.29, 0.717) is 25.7 Å². The molecule has 1 amide bonds. The number of methoxy groups -OCH3 is 1. The molecular weight excluding hydrogens is 236 g/mol. The molecule has 0 bridgehead atoms. The van der Waals surface area contributed by atoms with Crippen molar-refractivity contribution >= 4 is 17.7 Å². The summed E-state index contributed by atoms with van der Waals surface area (Å²) in [5, 5.41) is 3.18. The third kappa shape index (κ3) is 5.27. The van der Waals surface area contributed by atoms with E-state index >= 15 is 0 Å². The summed E-state index contributed by atoms with van der Waals surface area (Å²) in [5.74, 6) is 2.45. The fraction of sp³-hybridized carbons (Fsp3) is 0.917. The van der Waals surface area contributed by atoms with E-state index in [2.05, 4.69) is 12.2 Å². The van der Waals surface area contributed by atoms with Gasteiger partial charge in [-0.25, -0.2) is 0 Å². The average molecular weight is 260 g/mol. The second-order valence-corrected chi connectivity index (χ2v) is 5.42. The first-order valence-corrected chi connectivity index (χ1v) is 7.52. The molecule has 0 saturated carbocycles. The Bertz CT molecular complexity index is 221. The van der Waals surface area contributed by atoms with E-state index in [4.69, 9.17) is 4.74 Å². The van der Waals surface area contributed by atoms with Crippen LogP contribution in [-0.2, 0) is 9.53 Å². The average Bonchev–Trinajstić information content (AvgIpc) is 2.83. The molecule has 5 heteroatoms. The van der Waals surface area contributed by atoms with Crippen LogP contribution in [0.3, 0.4) is 0 Å². The molecule has 0 aromatic rings. The number of hydrogen-bond acceptors (Lipinski definition) is 4. The van der Waals surface area contributed by atoms with Crippen molar-refractivity contribution < 1.29 is 9.53 Å². The number of carbonyl (C=O) groups excluding carboxylic acids is 1. The van der Waals surface area contributed by atoms with Crippen LogP contribution >= 0.6 is 11.8 Å².